The Labute approximate surface area is 133 Å². The van der Waals surface area contributed by atoms with Crippen LogP contribution in [0.15, 0.2) is 35.3 Å². The van der Waals surface area contributed by atoms with Crippen molar-refractivity contribution in [2.24, 2.45) is 0 Å². The SMILES string of the molecule is C=CCCCC(NCCC)c1cc(I)ccc1Br. The molecule has 0 radical (unpaired) electrons. The van der Waals surface area contributed by atoms with E-state index in [0.717, 1.165) is 19.4 Å². The molecule has 0 saturated carbocycles. The third-order valence-electron chi connectivity index (χ3n) is 2.88. The Hall–Kier alpha value is 0.130. The first-order valence-electron chi connectivity index (χ1n) is 6.48. The maximum atomic E-state index is 3.79. The van der Waals surface area contributed by atoms with Crippen LogP contribution in [0.5, 0.6) is 0 Å². The molecule has 3 heteroatoms. The van der Waals surface area contributed by atoms with Crippen LogP contribution < -0.4 is 5.32 Å². The van der Waals surface area contributed by atoms with Crippen LogP contribution in [0.2, 0.25) is 0 Å². The van der Waals surface area contributed by atoms with Crippen LogP contribution in [-0.2, 0) is 0 Å². The zero-order valence-electron chi connectivity index (χ0n) is 10.9. The Morgan fingerprint density at radius 1 is 1.50 bits per heavy atom. The third kappa shape index (κ3) is 5.41. The van der Waals surface area contributed by atoms with Crippen LogP contribution in [0.1, 0.15) is 44.2 Å². The van der Waals surface area contributed by atoms with E-state index in [9.17, 15) is 0 Å². The summed E-state index contributed by atoms with van der Waals surface area (Å²) in [4.78, 5) is 0. The van der Waals surface area contributed by atoms with Crippen molar-refractivity contribution in [2.75, 3.05) is 6.54 Å². The van der Waals surface area contributed by atoms with Gasteiger partial charge in [-0.05, 0) is 78.6 Å². The molecule has 0 aliphatic rings. The van der Waals surface area contributed by atoms with E-state index in [0.29, 0.717) is 6.04 Å². The van der Waals surface area contributed by atoms with Crippen molar-refractivity contribution in [1.29, 1.82) is 0 Å². The Morgan fingerprint density at radius 2 is 2.28 bits per heavy atom. The molecule has 1 nitrogen and oxygen atoms in total. The summed E-state index contributed by atoms with van der Waals surface area (Å²) in [6.45, 7) is 7.07. The zero-order valence-corrected chi connectivity index (χ0v) is 14.6. The largest absolute Gasteiger partial charge is 0.310 e. The van der Waals surface area contributed by atoms with Gasteiger partial charge in [-0.15, -0.1) is 6.58 Å². The smallest absolute Gasteiger partial charge is 0.0331 e. The fourth-order valence-electron chi connectivity index (χ4n) is 1.93. The summed E-state index contributed by atoms with van der Waals surface area (Å²) in [5.74, 6) is 0. The number of benzene rings is 1. The van der Waals surface area contributed by atoms with Crippen LogP contribution >= 0.6 is 38.5 Å². The van der Waals surface area contributed by atoms with E-state index in [1.165, 1.54) is 26.4 Å². The zero-order chi connectivity index (χ0) is 13.4. The number of hydrogen-bond donors (Lipinski definition) is 1. The third-order valence-corrected chi connectivity index (χ3v) is 4.27. The molecule has 0 aromatic heterocycles. The number of hydrogen-bond acceptors (Lipinski definition) is 1. The van der Waals surface area contributed by atoms with E-state index in [2.05, 4.69) is 75.5 Å². The first-order valence-corrected chi connectivity index (χ1v) is 8.35. The fraction of sp³-hybridized carbons (Fsp3) is 0.467. The molecule has 1 rings (SSSR count). The van der Waals surface area contributed by atoms with Gasteiger partial charge in [0.2, 0.25) is 0 Å². The number of allylic oxidation sites excluding steroid dienone is 1. The van der Waals surface area contributed by atoms with Gasteiger partial charge < -0.3 is 5.32 Å². The molecule has 1 aromatic rings. The maximum absolute atomic E-state index is 3.79. The van der Waals surface area contributed by atoms with Crippen molar-refractivity contribution in [3.63, 3.8) is 0 Å². The highest BCUT2D eigenvalue weighted by atomic mass is 127. The maximum Gasteiger partial charge on any atom is 0.0331 e. The van der Waals surface area contributed by atoms with Gasteiger partial charge in [0.05, 0.1) is 0 Å². The predicted molar refractivity (Wildman–Crippen MR) is 91.9 cm³/mol. The van der Waals surface area contributed by atoms with E-state index in [-0.39, 0.29) is 0 Å². The van der Waals surface area contributed by atoms with E-state index in [1.807, 2.05) is 6.08 Å². The quantitative estimate of drug-likeness (QED) is 0.334. The van der Waals surface area contributed by atoms with Crippen molar-refractivity contribution in [3.8, 4) is 0 Å². The van der Waals surface area contributed by atoms with Gasteiger partial charge in [0, 0.05) is 14.1 Å². The Balaban J connectivity index is 2.78. The van der Waals surface area contributed by atoms with Crippen molar-refractivity contribution in [2.45, 2.75) is 38.6 Å². The molecule has 1 unspecified atom stereocenters. The summed E-state index contributed by atoms with van der Waals surface area (Å²) in [6.07, 6.45) is 6.60. The average molecular weight is 422 g/mol. The number of rotatable bonds is 8. The van der Waals surface area contributed by atoms with Crippen molar-refractivity contribution in [1.82, 2.24) is 5.32 Å². The Kier molecular flexibility index (Phi) is 8.18. The van der Waals surface area contributed by atoms with Gasteiger partial charge in [-0.25, -0.2) is 0 Å². The van der Waals surface area contributed by atoms with Crippen molar-refractivity contribution < 1.29 is 0 Å². The molecule has 1 aromatic carbocycles. The summed E-state index contributed by atoms with van der Waals surface area (Å²) >= 11 is 6.04. The predicted octanol–water partition coefficient (Wildman–Crippen LogP) is 5.45. The monoisotopic (exact) mass is 421 g/mol. The van der Waals surface area contributed by atoms with Gasteiger partial charge in [0.15, 0.2) is 0 Å². The number of nitrogens with one attached hydrogen (secondary N) is 1. The molecule has 1 atom stereocenters. The first-order chi connectivity index (χ1) is 8.69. The van der Waals surface area contributed by atoms with Crippen molar-refractivity contribution in [3.05, 3.63) is 44.5 Å². The minimum absolute atomic E-state index is 0.439. The highest BCUT2D eigenvalue weighted by Crippen LogP contribution is 2.28. The van der Waals surface area contributed by atoms with E-state index >= 15 is 0 Å². The summed E-state index contributed by atoms with van der Waals surface area (Å²) < 4.78 is 2.49. The van der Waals surface area contributed by atoms with Crippen LogP contribution in [0.25, 0.3) is 0 Å². The minimum atomic E-state index is 0.439. The molecule has 0 aliphatic heterocycles. The van der Waals surface area contributed by atoms with Crippen LogP contribution in [-0.4, -0.2) is 6.54 Å². The number of halogens is 2. The second-order valence-corrected chi connectivity index (χ2v) is 6.49. The molecule has 0 spiro atoms. The van der Waals surface area contributed by atoms with Gasteiger partial charge in [-0.3, -0.25) is 0 Å². The molecule has 0 fully saturated rings. The van der Waals surface area contributed by atoms with Crippen LogP contribution in [0.3, 0.4) is 0 Å². The second kappa shape index (κ2) is 9.10. The lowest BCUT2D eigenvalue weighted by molar-refractivity contribution is 0.484. The van der Waals surface area contributed by atoms with Crippen LogP contribution in [0, 0.1) is 3.57 Å². The first kappa shape index (κ1) is 16.2. The molecule has 0 bridgehead atoms. The molecule has 0 heterocycles. The van der Waals surface area contributed by atoms with Gasteiger partial charge in [0.25, 0.3) is 0 Å². The van der Waals surface area contributed by atoms with Gasteiger partial charge in [0.1, 0.15) is 0 Å². The molecule has 100 valence electrons. The van der Waals surface area contributed by atoms with Crippen molar-refractivity contribution >= 4 is 38.5 Å². The van der Waals surface area contributed by atoms with Gasteiger partial charge in [-0.2, -0.15) is 0 Å². The average Bonchev–Trinajstić information content (AvgIpc) is 2.37. The molecular formula is C15H21BrIN. The van der Waals surface area contributed by atoms with Gasteiger partial charge >= 0.3 is 0 Å². The lowest BCUT2D eigenvalue weighted by atomic mass is 10.0. The summed E-state index contributed by atoms with van der Waals surface area (Å²) in [5.41, 5.74) is 1.37. The van der Waals surface area contributed by atoms with E-state index < -0.39 is 0 Å². The van der Waals surface area contributed by atoms with Gasteiger partial charge in [-0.1, -0.05) is 28.9 Å². The Morgan fingerprint density at radius 3 is 2.94 bits per heavy atom. The van der Waals surface area contributed by atoms with Crippen LogP contribution in [0.4, 0.5) is 0 Å². The van der Waals surface area contributed by atoms with E-state index in [1.54, 1.807) is 0 Å². The molecular weight excluding hydrogens is 401 g/mol. The fourth-order valence-corrected chi connectivity index (χ4v) is 2.97. The summed E-state index contributed by atoms with van der Waals surface area (Å²) in [7, 11) is 0. The molecule has 18 heavy (non-hydrogen) atoms. The molecule has 1 N–H and O–H groups in total. The molecule has 0 amide bonds. The van der Waals surface area contributed by atoms with E-state index in [4.69, 9.17) is 0 Å². The molecule has 0 aliphatic carbocycles. The lowest BCUT2D eigenvalue weighted by Crippen LogP contribution is -2.22. The topological polar surface area (TPSA) is 12.0 Å². The number of unbranched alkanes of at least 4 members (excludes halogenated alkanes) is 1. The standard InChI is InChI=1S/C15H21BrIN/c1-3-5-6-7-15(18-10-4-2)13-11-12(17)8-9-14(13)16/h3,8-9,11,15,18H,1,4-7,10H2,2H3. The minimum Gasteiger partial charge on any atom is -0.310 e. The molecule has 0 saturated heterocycles. The highest BCUT2D eigenvalue weighted by Gasteiger charge is 2.13. The highest BCUT2D eigenvalue weighted by molar-refractivity contribution is 14.1. The summed E-state index contributed by atoms with van der Waals surface area (Å²) in [6, 6.07) is 6.99. The second-order valence-electron chi connectivity index (χ2n) is 4.39. The summed E-state index contributed by atoms with van der Waals surface area (Å²) in [5, 5.41) is 3.65. The Bertz CT molecular complexity index is 379. The normalized spacial score (nSPS) is 12.4. The lowest BCUT2D eigenvalue weighted by Gasteiger charge is -2.20.